The molecule has 0 spiro atoms. The fraction of sp³-hybridized carbons (Fsp3) is 0.333. The zero-order valence-corrected chi connectivity index (χ0v) is 10.5. The van der Waals surface area contributed by atoms with E-state index in [0.29, 0.717) is 0 Å². The van der Waals surface area contributed by atoms with Crippen LogP contribution >= 0.6 is 11.3 Å². The second-order valence-corrected chi connectivity index (χ2v) is 4.98. The molecule has 0 aliphatic heterocycles. The minimum Gasteiger partial charge on any atom is -0.323 e. The number of nitrogens with two attached hydrogens (primary N) is 1. The molecular formula is C12H15N3S. The van der Waals surface area contributed by atoms with Crippen LogP contribution in [0.1, 0.15) is 29.1 Å². The molecule has 2 aromatic rings. The van der Waals surface area contributed by atoms with Crippen LogP contribution < -0.4 is 5.73 Å². The maximum Gasteiger partial charge on any atom is 0.125 e. The van der Waals surface area contributed by atoms with Crippen molar-refractivity contribution in [1.82, 2.24) is 9.97 Å². The third-order valence-electron chi connectivity index (χ3n) is 2.52. The van der Waals surface area contributed by atoms with Gasteiger partial charge in [-0.05, 0) is 32.4 Å². The molecule has 0 saturated carbocycles. The van der Waals surface area contributed by atoms with Crippen LogP contribution in [0.5, 0.6) is 0 Å². The molecule has 0 aromatic carbocycles. The first-order valence-electron chi connectivity index (χ1n) is 5.23. The van der Waals surface area contributed by atoms with E-state index in [2.05, 4.69) is 16.9 Å². The summed E-state index contributed by atoms with van der Waals surface area (Å²) < 4.78 is 0. The summed E-state index contributed by atoms with van der Waals surface area (Å²) in [6, 6.07) is 2.04. The van der Waals surface area contributed by atoms with Gasteiger partial charge in [0, 0.05) is 28.9 Å². The van der Waals surface area contributed by atoms with Gasteiger partial charge in [-0.1, -0.05) is 0 Å². The van der Waals surface area contributed by atoms with Crippen LogP contribution in [0.15, 0.2) is 18.5 Å². The molecule has 0 amide bonds. The number of rotatable bonds is 2. The standard InChI is InChI=1S/C12H15N3S/c1-7-4-5-14-6-10(7)12-15-9(3)11(16-12)8(2)13/h4-6,8H,13H2,1-3H3. The van der Waals surface area contributed by atoms with Crippen molar-refractivity contribution in [3.63, 3.8) is 0 Å². The van der Waals surface area contributed by atoms with Gasteiger partial charge in [0.1, 0.15) is 5.01 Å². The van der Waals surface area contributed by atoms with Crippen LogP contribution in [0.2, 0.25) is 0 Å². The van der Waals surface area contributed by atoms with Crippen LogP contribution in [0, 0.1) is 13.8 Å². The Bertz CT molecular complexity index is 503. The molecule has 0 bridgehead atoms. The predicted molar refractivity (Wildman–Crippen MR) is 67.4 cm³/mol. The Balaban J connectivity index is 2.50. The topological polar surface area (TPSA) is 51.8 Å². The average molecular weight is 233 g/mol. The Morgan fingerprint density at radius 1 is 1.38 bits per heavy atom. The largest absolute Gasteiger partial charge is 0.323 e. The number of thiazole rings is 1. The lowest BCUT2D eigenvalue weighted by molar-refractivity contribution is 0.825. The molecule has 0 saturated heterocycles. The van der Waals surface area contributed by atoms with E-state index >= 15 is 0 Å². The van der Waals surface area contributed by atoms with E-state index in [1.165, 1.54) is 5.56 Å². The van der Waals surface area contributed by atoms with Crippen molar-refractivity contribution in [2.75, 3.05) is 0 Å². The molecule has 4 heteroatoms. The molecule has 0 aliphatic rings. The highest BCUT2D eigenvalue weighted by atomic mass is 32.1. The van der Waals surface area contributed by atoms with Gasteiger partial charge in [0.15, 0.2) is 0 Å². The average Bonchev–Trinajstić information content (AvgIpc) is 2.61. The van der Waals surface area contributed by atoms with Gasteiger partial charge in [-0.25, -0.2) is 4.98 Å². The third kappa shape index (κ3) is 1.99. The van der Waals surface area contributed by atoms with Gasteiger partial charge >= 0.3 is 0 Å². The molecule has 1 unspecified atom stereocenters. The van der Waals surface area contributed by atoms with E-state index in [9.17, 15) is 0 Å². The molecule has 2 rings (SSSR count). The molecular weight excluding hydrogens is 218 g/mol. The Kier molecular flexibility index (Phi) is 3.03. The number of aromatic nitrogens is 2. The molecule has 0 aliphatic carbocycles. The highest BCUT2D eigenvalue weighted by molar-refractivity contribution is 7.15. The van der Waals surface area contributed by atoms with Crippen molar-refractivity contribution in [3.8, 4) is 10.6 Å². The van der Waals surface area contributed by atoms with Crippen molar-refractivity contribution in [2.45, 2.75) is 26.8 Å². The van der Waals surface area contributed by atoms with Crippen molar-refractivity contribution in [2.24, 2.45) is 5.73 Å². The Labute approximate surface area is 99.4 Å². The number of hydrogen-bond donors (Lipinski definition) is 1. The van der Waals surface area contributed by atoms with Gasteiger partial charge in [-0.2, -0.15) is 0 Å². The molecule has 16 heavy (non-hydrogen) atoms. The van der Waals surface area contributed by atoms with Gasteiger partial charge in [0.25, 0.3) is 0 Å². The minimum atomic E-state index is 0.0447. The van der Waals surface area contributed by atoms with E-state index < -0.39 is 0 Å². The highest BCUT2D eigenvalue weighted by Gasteiger charge is 2.13. The van der Waals surface area contributed by atoms with E-state index in [0.717, 1.165) is 21.1 Å². The lowest BCUT2D eigenvalue weighted by Gasteiger charge is -2.00. The van der Waals surface area contributed by atoms with E-state index in [4.69, 9.17) is 5.73 Å². The van der Waals surface area contributed by atoms with E-state index in [-0.39, 0.29) is 6.04 Å². The lowest BCUT2D eigenvalue weighted by atomic mass is 10.2. The van der Waals surface area contributed by atoms with Gasteiger partial charge in [0.05, 0.1) is 5.69 Å². The number of aryl methyl sites for hydroxylation is 2. The summed E-state index contributed by atoms with van der Waals surface area (Å²) in [5.74, 6) is 0. The minimum absolute atomic E-state index is 0.0447. The molecule has 2 aromatic heterocycles. The van der Waals surface area contributed by atoms with Crippen LogP contribution in [0.3, 0.4) is 0 Å². The molecule has 84 valence electrons. The summed E-state index contributed by atoms with van der Waals surface area (Å²) in [6.45, 7) is 6.06. The molecule has 3 nitrogen and oxygen atoms in total. The van der Waals surface area contributed by atoms with Gasteiger partial charge in [0.2, 0.25) is 0 Å². The zero-order chi connectivity index (χ0) is 11.7. The number of pyridine rings is 1. The van der Waals surface area contributed by atoms with Gasteiger partial charge in [-0.3, -0.25) is 4.98 Å². The summed E-state index contributed by atoms with van der Waals surface area (Å²) >= 11 is 1.66. The molecule has 2 heterocycles. The number of nitrogens with zero attached hydrogens (tertiary/aromatic N) is 2. The molecule has 0 fully saturated rings. The Hall–Kier alpha value is -1.26. The van der Waals surface area contributed by atoms with Crippen LogP contribution in [-0.2, 0) is 0 Å². The maximum atomic E-state index is 5.90. The third-order valence-corrected chi connectivity index (χ3v) is 3.91. The van der Waals surface area contributed by atoms with Crippen molar-refractivity contribution < 1.29 is 0 Å². The predicted octanol–water partition coefficient (Wildman–Crippen LogP) is 2.84. The summed E-state index contributed by atoms with van der Waals surface area (Å²) in [5.41, 5.74) is 9.22. The molecule has 2 N–H and O–H groups in total. The maximum absolute atomic E-state index is 5.90. The Morgan fingerprint density at radius 3 is 2.69 bits per heavy atom. The van der Waals surface area contributed by atoms with Crippen molar-refractivity contribution >= 4 is 11.3 Å². The van der Waals surface area contributed by atoms with Crippen molar-refractivity contribution in [1.29, 1.82) is 0 Å². The quantitative estimate of drug-likeness (QED) is 0.867. The summed E-state index contributed by atoms with van der Waals surface area (Å²) in [4.78, 5) is 9.85. The smallest absolute Gasteiger partial charge is 0.125 e. The first-order chi connectivity index (χ1) is 7.59. The summed E-state index contributed by atoms with van der Waals surface area (Å²) in [6.07, 6.45) is 3.66. The van der Waals surface area contributed by atoms with Crippen molar-refractivity contribution in [3.05, 3.63) is 34.6 Å². The van der Waals surface area contributed by atoms with Gasteiger partial charge < -0.3 is 5.73 Å². The molecule has 1 atom stereocenters. The monoisotopic (exact) mass is 233 g/mol. The normalized spacial score (nSPS) is 12.8. The van der Waals surface area contributed by atoms with Gasteiger partial charge in [-0.15, -0.1) is 11.3 Å². The highest BCUT2D eigenvalue weighted by Crippen LogP contribution is 2.31. The lowest BCUT2D eigenvalue weighted by Crippen LogP contribution is -2.03. The fourth-order valence-corrected chi connectivity index (χ4v) is 2.73. The SMILES string of the molecule is Cc1ccncc1-c1nc(C)c(C(C)N)s1. The second kappa shape index (κ2) is 4.31. The zero-order valence-electron chi connectivity index (χ0n) is 9.69. The van der Waals surface area contributed by atoms with Crippen LogP contribution in [0.4, 0.5) is 0 Å². The summed E-state index contributed by atoms with van der Waals surface area (Å²) in [7, 11) is 0. The summed E-state index contributed by atoms with van der Waals surface area (Å²) in [5, 5.41) is 1.01. The second-order valence-electron chi connectivity index (χ2n) is 3.95. The van der Waals surface area contributed by atoms with Crippen LogP contribution in [-0.4, -0.2) is 9.97 Å². The molecule has 0 radical (unpaired) electrons. The van der Waals surface area contributed by atoms with E-state index in [1.54, 1.807) is 17.5 Å². The first kappa shape index (κ1) is 11.2. The number of hydrogen-bond acceptors (Lipinski definition) is 4. The first-order valence-corrected chi connectivity index (χ1v) is 6.05. The van der Waals surface area contributed by atoms with E-state index in [1.807, 2.05) is 26.1 Å². The fourth-order valence-electron chi connectivity index (χ4n) is 1.63. The Morgan fingerprint density at radius 2 is 2.12 bits per heavy atom. The van der Waals surface area contributed by atoms with Crippen LogP contribution in [0.25, 0.3) is 10.6 Å².